The highest BCUT2D eigenvalue weighted by Crippen LogP contribution is 2.35. The van der Waals surface area contributed by atoms with Crippen LogP contribution >= 0.6 is 12.4 Å². The van der Waals surface area contributed by atoms with Crippen LogP contribution in [0.5, 0.6) is 0 Å². The average molecular weight is 450 g/mol. The Morgan fingerprint density at radius 3 is 2.40 bits per heavy atom. The zero-order valence-electron chi connectivity index (χ0n) is 17.7. The molecule has 0 aromatic heterocycles. The topological polar surface area (TPSA) is 61.4 Å². The van der Waals surface area contributed by atoms with Gasteiger partial charge in [0.05, 0.1) is 5.69 Å². The van der Waals surface area contributed by atoms with Gasteiger partial charge in [0.25, 0.3) is 0 Å². The van der Waals surface area contributed by atoms with Gasteiger partial charge in [-0.15, -0.1) is 12.4 Å². The molecule has 0 atom stereocenters. The van der Waals surface area contributed by atoms with Crippen LogP contribution in [0, 0.1) is 5.41 Å². The minimum Gasteiger partial charge on any atom is -0.310 e. The van der Waals surface area contributed by atoms with E-state index in [0.717, 1.165) is 17.7 Å². The molecule has 30 heavy (non-hydrogen) atoms. The molecular weight excluding hydrogens is 418 g/mol. The second-order valence-electron chi connectivity index (χ2n) is 9.04. The second-order valence-corrected chi connectivity index (χ2v) is 10.7. The number of rotatable bonds is 5. The van der Waals surface area contributed by atoms with E-state index in [1.54, 1.807) is 0 Å². The summed E-state index contributed by atoms with van der Waals surface area (Å²) in [4.78, 5) is 0. The van der Waals surface area contributed by atoms with E-state index in [4.69, 9.17) is 0 Å². The number of nitrogens with one attached hydrogen (secondary N) is 2. The molecule has 1 aliphatic carbocycles. The summed E-state index contributed by atoms with van der Waals surface area (Å²) >= 11 is 0. The summed E-state index contributed by atoms with van der Waals surface area (Å²) in [6, 6.07) is 16.9. The third-order valence-electron chi connectivity index (χ3n) is 6.24. The van der Waals surface area contributed by atoms with E-state index in [-0.39, 0.29) is 12.4 Å². The number of hydrogen-bond acceptors (Lipinski definition) is 3. The Hall–Kier alpha value is -1.60. The van der Waals surface area contributed by atoms with Crippen LogP contribution < -0.4 is 14.3 Å². The van der Waals surface area contributed by atoms with Gasteiger partial charge < -0.3 is 5.32 Å². The molecule has 2 fully saturated rings. The third kappa shape index (κ3) is 5.35. The maximum Gasteiger partial charge on any atom is 0.301 e. The summed E-state index contributed by atoms with van der Waals surface area (Å²) in [6.07, 6.45) is 5.10. The first-order valence-electron chi connectivity index (χ1n) is 10.5. The molecule has 0 spiro atoms. The molecule has 0 bridgehead atoms. The molecule has 2 aromatic rings. The molecule has 2 aliphatic rings. The van der Waals surface area contributed by atoms with Crippen molar-refractivity contribution in [1.29, 1.82) is 0 Å². The maximum atomic E-state index is 12.1. The van der Waals surface area contributed by atoms with E-state index in [0.29, 0.717) is 30.2 Å². The Balaban J connectivity index is 0.00000256. The lowest BCUT2D eigenvalue weighted by molar-refractivity contribution is 0.206. The molecule has 2 aromatic carbocycles. The van der Waals surface area contributed by atoms with Crippen molar-refractivity contribution in [2.45, 2.75) is 52.1 Å². The molecule has 164 valence electrons. The first-order chi connectivity index (χ1) is 13.8. The molecule has 5 nitrogen and oxygen atoms in total. The molecule has 1 heterocycles. The molecule has 7 heteroatoms. The van der Waals surface area contributed by atoms with Gasteiger partial charge >= 0.3 is 10.2 Å². The van der Waals surface area contributed by atoms with Crippen molar-refractivity contribution in [1.82, 2.24) is 10.0 Å². The Morgan fingerprint density at radius 1 is 1.07 bits per heavy atom. The summed E-state index contributed by atoms with van der Waals surface area (Å²) in [7, 11) is -3.40. The van der Waals surface area contributed by atoms with Gasteiger partial charge in [-0.25, -0.2) is 0 Å². The van der Waals surface area contributed by atoms with Crippen LogP contribution in [-0.4, -0.2) is 27.5 Å². The second kappa shape index (κ2) is 9.27. The predicted molar refractivity (Wildman–Crippen MR) is 126 cm³/mol. The van der Waals surface area contributed by atoms with E-state index < -0.39 is 10.2 Å². The van der Waals surface area contributed by atoms with Crippen LogP contribution in [0.15, 0.2) is 48.5 Å². The summed E-state index contributed by atoms with van der Waals surface area (Å²) in [5.41, 5.74) is 4.61. The van der Waals surface area contributed by atoms with E-state index in [1.165, 1.54) is 35.6 Å². The molecule has 1 saturated carbocycles. The van der Waals surface area contributed by atoms with Crippen LogP contribution in [0.2, 0.25) is 0 Å². The lowest BCUT2D eigenvalue weighted by atomic mass is 9.75. The van der Waals surface area contributed by atoms with E-state index in [1.807, 2.05) is 24.3 Å². The number of hydrogen-bond donors (Lipinski definition) is 2. The Morgan fingerprint density at radius 2 is 1.77 bits per heavy atom. The van der Waals surface area contributed by atoms with Crippen molar-refractivity contribution < 1.29 is 8.42 Å². The SMILES string of the molecule is CC1(C)CCC(NCc2ccc(-c3cccc(N4CCNS4(=O)=O)c3)cc2)CC1.Cl. The summed E-state index contributed by atoms with van der Waals surface area (Å²) < 4.78 is 28.2. The van der Waals surface area contributed by atoms with Crippen LogP contribution in [-0.2, 0) is 16.8 Å². The average Bonchev–Trinajstić information content (AvgIpc) is 3.07. The number of benzene rings is 2. The molecule has 4 rings (SSSR count). The van der Waals surface area contributed by atoms with Crippen LogP contribution in [0.3, 0.4) is 0 Å². The highest BCUT2D eigenvalue weighted by Gasteiger charge is 2.28. The number of halogens is 1. The normalized spacial score (nSPS) is 20.7. The minimum atomic E-state index is -3.40. The van der Waals surface area contributed by atoms with Crippen molar-refractivity contribution in [3.05, 3.63) is 54.1 Å². The quantitative estimate of drug-likeness (QED) is 0.707. The Bertz CT molecular complexity index is 951. The molecule has 0 radical (unpaired) electrons. The molecule has 1 aliphatic heterocycles. The monoisotopic (exact) mass is 449 g/mol. The maximum absolute atomic E-state index is 12.1. The largest absolute Gasteiger partial charge is 0.310 e. The Kier molecular flexibility index (Phi) is 7.13. The van der Waals surface area contributed by atoms with Crippen molar-refractivity contribution in [2.24, 2.45) is 5.41 Å². The first-order valence-corrected chi connectivity index (χ1v) is 12.0. The Labute approximate surface area is 186 Å². The standard InChI is InChI=1S/C23H31N3O2S.ClH/c1-23(2)12-10-21(11-13-23)24-17-18-6-8-19(9-7-18)20-4-3-5-22(16-20)26-15-14-25-29(26,27)28;/h3-9,16,21,24-25H,10-15,17H2,1-2H3;1H. The summed E-state index contributed by atoms with van der Waals surface area (Å²) in [6.45, 7) is 6.55. The fourth-order valence-corrected chi connectivity index (χ4v) is 5.49. The van der Waals surface area contributed by atoms with Gasteiger partial charge in [0.1, 0.15) is 0 Å². The molecule has 1 saturated heterocycles. The van der Waals surface area contributed by atoms with Gasteiger partial charge in [0, 0.05) is 25.7 Å². The molecule has 0 unspecified atom stereocenters. The third-order valence-corrected chi connectivity index (χ3v) is 7.79. The van der Waals surface area contributed by atoms with E-state index >= 15 is 0 Å². The molecule has 0 amide bonds. The highest BCUT2D eigenvalue weighted by molar-refractivity contribution is 7.91. The smallest absolute Gasteiger partial charge is 0.301 e. The van der Waals surface area contributed by atoms with Gasteiger partial charge in [-0.05, 0) is 59.9 Å². The number of nitrogens with zero attached hydrogens (tertiary/aromatic N) is 1. The van der Waals surface area contributed by atoms with Crippen LogP contribution in [0.25, 0.3) is 11.1 Å². The lowest BCUT2D eigenvalue weighted by Gasteiger charge is -2.34. The van der Waals surface area contributed by atoms with Crippen molar-refractivity contribution in [3.8, 4) is 11.1 Å². The first kappa shape index (κ1) is 23.1. The molecular formula is C23H32ClN3O2S. The summed E-state index contributed by atoms with van der Waals surface area (Å²) in [5, 5.41) is 3.71. The zero-order valence-corrected chi connectivity index (χ0v) is 19.4. The molecule has 2 N–H and O–H groups in total. The van der Waals surface area contributed by atoms with E-state index in [2.05, 4.69) is 48.2 Å². The zero-order chi connectivity index (χ0) is 20.5. The van der Waals surface area contributed by atoms with E-state index in [9.17, 15) is 8.42 Å². The van der Waals surface area contributed by atoms with Crippen LogP contribution in [0.4, 0.5) is 5.69 Å². The minimum absolute atomic E-state index is 0. The fourth-order valence-electron chi connectivity index (χ4n) is 4.26. The van der Waals surface area contributed by atoms with Crippen molar-refractivity contribution in [2.75, 3.05) is 17.4 Å². The van der Waals surface area contributed by atoms with Gasteiger partial charge in [0.2, 0.25) is 0 Å². The highest BCUT2D eigenvalue weighted by atomic mass is 35.5. The lowest BCUT2D eigenvalue weighted by Crippen LogP contribution is -2.35. The van der Waals surface area contributed by atoms with Gasteiger partial charge in [-0.1, -0.05) is 50.2 Å². The van der Waals surface area contributed by atoms with Crippen LogP contribution in [0.1, 0.15) is 45.1 Å². The predicted octanol–water partition coefficient (Wildman–Crippen LogP) is 4.49. The fraction of sp³-hybridized carbons (Fsp3) is 0.478. The summed E-state index contributed by atoms with van der Waals surface area (Å²) in [5.74, 6) is 0. The van der Waals surface area contributed by atoms with Gasteiger partial charge in [0.15, 0.2) is 0 Å². The number of anilines is 1. The van der Waals surface area contributed by atoms with Gasteiger partial charge in [-0.3, -0.25) is 4.31 Å². The van der Waals surface area contributed by atoms with Gasteiger partial charge in [-0.2, -0.15) is 13.1 Å². The van der Waals surface area contributed by atoms with Crippen molar-refractivity contribution >= 4 is 28.3 Å². The van der Waals surface area contributed by atoms with Crippen molar-refractivity contribution in [3.63, 3.8) is 0 Å².